The summed E-state index contributed by atoms with van der Waals surface area (Å²) in [6, 6.07) is 6.26. The van der Waals surface area contributed by atoms with Crippen molar-refractivity contribution in [3.05, 3.63) is 35.6 Å². The Morgan fingerprint density at radius 2 is 2.04 bits per heavy atom. The van der Waals surface area contributed by atoms with E-state index >= 15 is 0 Å². The number of carbonyl (C=O) groups excluding carboxylic acids is 1. The number of benzene rings is 1. The van der Waals surface area contributed by atoms with Crippen molar-refractivity contribution in [2.75, 3.05) is 45.9 Å². The number of amides is 1. The molecule has 24 heavy (non-hydrogen) atoms. The topological polar surface area (TPSA) is 53.0 Å². The normalized spacial score (nSPS) is 25.7. The van der Waals surface area contributed by atoms with Crippen LogP contribution in [0, 0.1) is 11.7 Å². The highest BCUT2D eigenvalue weighted by molar-refractivity contribution is 5.78. The van der Waals surface area contributed by atoms with E-state index in [-0.39, 0.29) is 30.4 Å². The third-order valence-corrected chi connectivity index (χ3v) is 4.88. The highest BCUT2D eigenvalue weighted by Crippen LogP contribution is 2.23. The van der Waals surface area contributed by atoms with Crippen LogP contribution in [0.25, 0.3) is 0 Å². The zero-order valence-corrected chi connectivity index (χ0v) is 13.9. The van der Waals surface area contributed by atoms with Crippen LogP contribution >= 0.6 is 0 Å². The van der Waals surface area contributed by atoms with Gasteiger partial charge in [-0.25, -0.2) is 4.39 Å². The molecular weight excluding hydrogens is 311 g/mol. The molecule has 0 aliphatic carbocycles. The second-order valence-electron chi connectivity index (χ2n) is 6.68. The van der Waals surface area contributed by atoms with Gasteiger partial charge in [0, 0.05) is 19.7 Å². The molecule has 0 radical (unpaired) electrons. The van der Waals surface area contributed by atoms with Gasteiger partial charge in [-0.1, -0.05) is 12.1 Å². The van der Waals surface area contributed by atoms with Crippen molar-refractivity contribution in [2.24, 2.45) is 5.92 Å². The summed E-state index contributed by atoms with van der Waals surface area (Å²) in [5, 5.41) is 9.31. The zero-order chi connectivity index (χ0) is 16.9. The van der Waals surface area contributed by atoms with Crippen LogP contribution < -0.4 is 0 Å². The predicted octanol–water partition coefficient (Wildman–Crippen LogP) is 1.43. The second kappa shape index (κ2) is 8.05. The quantitative estimate of drug-likeness (QED) is 0.904. The molecule has 0 saturated carbocycles. The molecule has 5 nitrogen and oxygen atoms in total. The minimum Gasteiger partial charge on any atom is -0.396 e. The Labute approximate surface area is 142 Å². The van der Waals surface area contributed by atoms with Gasteiger partial charge < -0.3 is 14.7 Å². The Hall–Kier alpha value is -1.50. The first-order valence-corrected chi connectivity index (χ1v) is 8.64. The molecule has 0 aromatic heterocycles. The SMILES string of the molecule is O=C(CN1CCCC(CO)C1)N1CCOC(c2ccc(F)cc2)C1. The van der Waals surface area contributed by atoms with Gasteiger partial charge in [0.25, 0.3) is 0 Å². The first-order chi connectivity index (χ1) is 11.7. The van der Waals surface area contributed by atoms with E-state index < -0.39 is 0 Å². The van der Waals surface area contributed by atoms with Crippen molar-refractivity contribution in [1.82, 2.24) is 9.80 Å². The summed E-state index contributed by atoms with van der Waals surface area (Å²) < 4.78 is 18.8. The number of morpholine rings is 1. The lowest BCUT2D eigenvalue weighted by molar-refractivity contribution is -0.140. The molecule has 0 bridgehead atoms. The summed E-state index contributed by atoms with van der Waals surface area (Å²) in [6.07, 6.45) is 1.86. The zero-order valence-electron chi connectivity index (χ0n) is 13.9. The molecule has 2 aliphatic heterocycles. The average molecular weight is 336 g/mol. The van der Waals surface area contributed by atoms with Gasteiger partial charge in [-0.2, -0.15) is 0 Å². The average Bonchev–Trinajstić information content (AvgIpc) is 2.62. The monoisotopic (exact) mass is 336 g/mol. The van der Waals surface area contributed by atoms with Crippen LogP contribution in [0.4, 0.5) is 4.39 Å². The third-order valence-electron chi connectivity index (χ3n) is 4.88. The van der Waals surface area contributed by atoms with E-state index in [1.54, 1.807) is 12.1 Å². The number of nitrogens with zero attached hydrogens (tertiary/aromatic N) is 2. The van der Waals surface area contributed by atoms with Crippen LogP contribution in [0.15, 0.2) is 24.3 Å². The molecule has 1 aromatic carbocycles. The number of aliphatic hydroxyl groups excluding tert-OH is 1. The standard InChI is InChI=1S/C18H25FN2O3/c19-16-5-3-15(4-6-16)17-11-21(8-9-24-17)18(23)12-20-7-1-2-14(10-20)13-22/h3-6,14,17,22H,1-2,7-13H2. The lowest BCUT2D eigenvalue weighted by Gasteiger charge is -2.36. The molecule has 1 amide bonds. The van der Waals surface area contributed by atoms with E-state index in [1.165, 1.54) is 12.1 Å². The van der Waals surface area contributed by atoms with E-state index in [9.17, 15) is 14.3 Å². The largest absolute Gasteiger partial charge is 0.396 e. The summed E-state index contributed by atoms with van der Waals surface area (Å²) in [5.74, 6) is 0.109. The number of hydrogen-bond donors (Lipinski definition) is 1. The molecule has 0 spiro atoms. The molecule has 2 fully saturated rings. The minimum atomic E-state index is -0.272. The van der Waals surface area contributed by atoms with Crippen LogP contribution in [0.5, 0.6) is 0 Å². The minimum absolute atomic E-state index is 0.101. The Kier molecular flexibility index (Phi) is 5.81. The maximum atomic E-state index is 13.1. The molecular formula is C18H25FN2O3. The number of piperidine rings is 1. The van der Waals surface area contributed by atoms with Crippen molar-refractivity contribution >= 4 is 5.91 Å². The summed E-state index contributed by atoms with van der Waals surface area (Å²) in [6.45, 7) is 3.87. The Morgan fingerprint density at radius 3 is 2.79 bits per heavy atom. The van der Waals surface area contributed by atoms with E-state index in [0.29, 0.717) is 26.2 Å². The van der Waals surface area contributed by atoms with Crippen molar-refractivity contribution in [2.45, 2.75) is 18.9 Å². The number of carbonyl (C=O) groups is 1. The Bertz CT molecular complexity index is 552. The van der Waals surface area contributed by atoms with Gasteiger partial charge in [-0.3, -0.25) is 9.69 Å². The fourth-order valence-electron chi connectivity index (χ4n) is 3.49. The highest BCUT2D eigenvalue weighted by atomic mass is 19.1. The molecule has 2 saturated heterocycles. The number of halogens is 1. The van der Waals surface area contributed by atoms with Crippen LogP contribution in [-0.2, 0) is 9.53 Å². The van der Waals surface area contributed by atoms with Gasteiger partial charge in [-0.05, 0) is 43.0 Å². The van der Waals surface area contributed by atoms with Crippen molar-refractivity contribution in [3.63, 3.8) is 0 Å². The van der Waals surface area contributed by atoms with Crippen LogP contribution in [0.3, 0.4) is 0 Å². The van der Waals surface area contributed by atoms with Crippen LogP contribution in [-0.4, -0.2) is 66.8 Å². The van der Waals surface area contributed by atoms with Crippen LogP contribution in [0.1, 0.15) is 24.5 Å². The number of hydrogen-bond acceptors (Lipinski definition) is 4. The fourth-order valence-corrected chi connectivity index (χ4v) is 3.49. The number of likely N-dealkylation sites (tertiary alicyclic amines) is 1. The number of ether oxygens (including phenoxy) is 1. The number of aliphatic hydroxyl groups is 1. The Morgan fingerprint density at radius 1 is 1.25 bits per heavy atom. The molecule has 6 heteroatoms. The summed E-state index contributed by atoms with van der Waals surface area (Å²) >= 11 is 0. The van der Waals surface area contributed by atoms with Gasteiger partial charge in [0.1, 0.15) is 11.9 Å². The van der Waals surface area contributed by atoms with E-state index in [4.69, 9.17) is 4.74 Å². The fraction of sp³-hybridized carbons (Fsp3) is 0.611. The summed E-state index contributed by atoms with van der Waals surface area (Å²) in [5.41, 5.74) is 0.896. The van der Waals surface area contributed by atoms with E-state index in [2.05, 4.69) is 4.90 Å². The Balaban J connectivity index is 1.56. The molecule has 132 valence electrons. The van der Waals surface area contributed by atoms with E-state index in [1.807, 2.05) is 4.90 Å². The lowest BCUT2D eigenvalue weighted by Crippen LogP contribution is -2.48. The van der Waals surface area contributed by atoms with Crippen LogP contribution in [0.2, 0.25) is 0 Å². The molecule has 1 aromatic rings. The van der Waals surface area contributed by atoms with Crippen molar-refractivity contribution in [1.29, 1.82) is 0 Å². The molecule has 2 unspecified atom stereocenters. The van der Waals surface area contributed by atoms with Gasteiger partial charge >= 0.3 is 0 Å². The summed E-state index contributed by atoms with van der Waals surface area (Å²) in [4.78, 5) is 16.6. The van der Waals surface area contributed by atoms with E-state index in [0.717, 1.165) is 31.5 Å². The molecule has 3 rings (SSSR count). The third kappa shape index (κ3) is 4.32. The lowest BCUT2D eigenvalue weighted by atomic mass is 9.99. The molecule has 1 N–H and O–H groups in total. The predicted molar refractivity (Wildman–Crippen MR) is 87.9 cm³/mol. The molecule has 2 heterocycles. The van der Waals surface area contributed by atoms with Crippen molar-refractivity contribution < 1.29 is 19.0 Å². The summed E-state index contributed by atoms with van der Waals surface area (Å²) in [7, 11) is 0. The first-order valence-electron chi connectivity index (χ1n) is 8.64. The smallest absolute Gasteiger partial charge is 0.236 e. The van der Waals surface area contributed by atoms with Gasteiger partial charge in [0.05, 0.1) is 19.7 Å². The maximum absolute atomic E-state index is 13.1. The van der Waals surface area contributed by atoms with Gasteiger partial charge in [-0.15, -0.1) is 0 Å². The maximum Gasteiger partial charge on any atom is 0.236 e. The number of rotatable bonds is 4. The first kappa shape index (κ1) is 17.3. The second-order valence-corrected chi connectivity index (χ2v) is 6.68. The van der Waals surface area contributed by atoms with Gasteiger partial charge in [0.2, 0.25) is 5.91 Å². The highest BCUT2D eigenvalue weighted by Gasteiger charge is 2.28. The molecule has 2 aliphatic rings. The molecule has 2 atom stereocenters. The van der Waals surface area contributed by atoms with Crippen molar-refractivity contribution in [3.8, 4) is 0 Å². The van der Waals surface area contributed by atoms with Gasteiger partial charge in [0.15, 0.2) is 0 Å².